The average molecular weight is 365 g/mol. The van der Waals surface area contributed by atoms with Crippen LogP contribution in [0.4, 0.5) is 23.2 Å². The van der Waals surface area contributed by atoms with Crippen LogP contribution in [-0.2, 0) is 6.18 Å². The Balaban J connectivity index is 2.34. The van der Waals surface area contributed by atoms with Crippen molar-refractivity contribution in [2.45, 2.75) is 6.18 Å². The standard InChI is InChI=1S/C16H11F4N5O/c17-9-1-3-10(4-2-9)26-11-5-6-13(12(7-11)16(18,19)20)24-25-14(8-21)15(22)23/h1-7,24H,(H3,22,23)/b25-14+. The minimum Gasteiger partial charge on any atom is -0.457 e. The van der Waals surface area contributed by atoms with E-state index in [9.17, 15) is 17.6 Å². The van der Waals surface area contributed by atoms with Gasteiger partial charge in [0, 0.05) is 0 Å². The lowest BCUT2D eigenvalue weighted by atomic mass is 10.1. The highest BCUT2D eigenvalue weighted by Crippen LogP contribution is 2.38. The molecular weight excluding hydrogens is 354 g/mol. The molecule has 0 saturated carbocycles. The molecule has 0 aliphatic rings. The maximum Gasteiger partial charge on any atom is 0.418 e. The Morgan fingerprint density at radius 2 is 1.77 bits per heavy atom. The lowest BCUT2D eigenvalue weighted by molar-refractivity contribution is -0.137. The number of hydrogen-bond donors (Lipinski definition) is 3. The number of anilines is 1. The largest absolute Gasteiger partial charge is 0.457 e. The summed E-state index contributed by atoms with van der Waals surface area (Å²) in [5, 5.41) is 19.2. The first-order valence-corrected chi connectivity index (χ1v) is 6.93. The number of alkyl halides is 3. The number of nitrogens with zero attached hydrogens (tertiary/aromatic N) is 2. The van der Waals surface area contributed by atoms with Gasteiger partial charge in [0.15, 0.2) is 5.84 Å². The summed E-state index contributed by atoms with van der Waals surface area (Å²) < 4.78 is 57.9. The molecule has 2 aromatic carbocycles. The average Bonchev–Trinajstić information content (AvgIpc) is 2.57. The molecule has 0 bridgehead atoms. The molecule has 10 heteroatoms. The third kappa shape index (κ3) is 4.70. The molecule has 6 nitrogen and oxygen atoms in total. The van der Waals surface area contributed by atoms with Gasteiger partial charge in [-0.2, -0.15) is 23.5 Å². The zero-order chi connectivity index (χ0) is 19.3. The van der Waals surface area contributed by atoms with Crippen molar-refractivity contribution < 1.29 is 22.3 Å². The number of rotatable bonds is 5. The Labute approximate surface area is 145 Å². The van der Waals surface area contributed by atoms with E-state index in [1.165, 1.54) is 24.3 Å². The molecule has 0 aliphatic carbocycles. The molecule has 0 radical (unpaired) electrons. The molecule has 0 aromatic heterocycles. The smallest absolute Gasteiger partial charge is 0.418 e. The maximum atomic E-state index is 13.3. The summed E-state index contributed by atoms with van der Waals surface area (Å²) in [6.07, 6.45) is -4.75. The molecule has 2 rings (SSSR count). The van der Waals surface area contributed by atoms with Crippen molar-refractivity contribution in [2.75, 3.05) is 5.43 Å². The molecule has 0 heterocycles. The number of hydrogen-bond acceptors (Lipinski definition) is 5. The predicted octanol–water partition coefficient (Wildman–Crippen LogP) is 3.86. The van der Waals surface area contributed by atoms with Crippen LogP contribution in [0.1, 0.15) is 5.56 Å². The minimum atomic E-state index is -4.75. The van der Waals surface area contributed by atoms with Gasteiger partial charge in [0.2, 0.25) is 5.71 Å². The van der Waals surface area contributed by atoms with E-state index in [1.807, 2.05) is 0 Å². The second-order valence-corrected chi connectivity index (χ2v) is 4.86. The molecule has 134 valence electrons. The van der Waals surface area contributed by atoms with Gasteiger partial charge >= 0.3 is 6.18 Å². The van der Waals surface area contributed by atoms with Crippen molar-refractivity contribution in [1.29, 1.82) is 10.7 Å². The van der Waals surface area contributed by atoms with Crippen molar-refractivity contribution in [2.24, 2.45) is 10.8 Å². The number of halogens is 4. The second kappa shape index (κ2) is 7.52. The maximum absolute atomic E-state index is 13.3. The van der Waals surface area contributed by atoms with Gasteiger partial charge in [0.25, 0.3) is 0 Å². The highest BCUT2D eigenvalue weighted by atomic mass is 19.4. The van der Waals surface area contributed by atoms with Gasteiger partial charge in [0.05, 0.1) is 11.3 Å². The summed E-state index contributed by atoms with van der Waals surface area (Å²) >= 11 is 0. The van der Waals surface area contributed by atoms with Crippen molar-refractivity contribution in [3.63, 3.8) is 0 Å². The van der Waals surface area contributed by atoms with Crippen LogP contribution in [0.25, 0.3) is 0 Å². The molecule has 0 saturated heterocycles. The number of nitrogens with two attached hydrogens (primary N) is 1. The fraction of sp³-hybridized carbons (Fsp3) is 0.0625. The Kier molecular flexibility index (Phi) is 5.42. The number of ether oxygens (including phenoxy) is 1. The van der Waals surface area contributed by atoms with Gasteiger partial charge in [0.1, 0.15) is 23.4 Å². The first-order valence-electron chi connectivity index (χ1n) is 6.93. The summed E-state index contributed by atoms with van der Waals surface area (Å²) in [7, 11) is 0. The molecule has 0 amide bonds. The minimum absolute atomic E-state index is 0.134. The highest BCUT2D eigenvalue weighted by Gasteiger charge is 2.34. The summed E-state index contributed by atoms with van der Waals surface area (Å²) in [5.41, 5.74) is 5.01. The molecular formula is C16H11F4N5O. The number of benzene rings is 2. The number of amidine groups is 1. The van der Waals surface area contributed by atoms with E-state index in [1.54, 1.807) is 0 Å². The highest BCUT2D eigenvalue weighted by molar-refractivity contribution is 6.45. The molecule has 0 atom stereocenters. The van der Waals surface area contributed by atoms with Crippen LogP contribution in [0.5, 0.6) is 11.5 Å². The first kappa shape index (κ1) is 18.7. The van der Waals surface area contributed by atoms with Crippen LogP contribution in [-0.4, -0.2) is 11.5 Å². The van der Waals surface area contributed by atoms with Crippen LogP contribution in [0.2, 0.25) is 0 Å². The van der Waals surface area contributed by atoms with E-state index in [0.717, 1.165) is 24.3 Å². The fourth-order valence-electron chi connectivity index (χ4n) is 1.82. The number of hydrazone groups is 1. The zero-order valence-corrected chi connectivity index (χ0v) is 12.9. The summed E-state index contributed by atoms with van der Waals surface area (Å²) in [6, 6.07) is 9.23. The summed E-state index contributed by atoms with van der Waals surface area (Å²) in [5.74, 6) is -1.18. The molecule has 4 N–H and O–H groups in total. The first-order chi connectivity index (χ1) is 12.2. The van der Waals surface area contributed by atoms with Gasteiger partial charge in [-0.05, 0) is 42.5 Å². The van der Waals surface area contributed by atoms with Crippen molar-refractivity contribution >= 4 is 17.2 Å². The number of nitrogens with one attached hydrogen (secondary N) is 2. The molecule has 2 aromatic rings. The van der Waals surface area contributed by atoms with E-state index < -0.39 is 34.8 Å². The van der Waals surface area contributed by atoms with Gasteiger partial charge in [-0.25, -0.2) is 4.39 Å². The molecule has 0 spiro atoms. The molecule has 0 fully saturated rings. The second-order valence-electron chi connectivity index (χ2n) is 4.86. The molecule has 26 heavy (non-hydrogen) atoms. The van der Waals surface area contributed by atoms with Crippen LogP contribution in [0, 0.1) is 22.6 Å². The molecule has 0 aliphatic heterocycles. The predicted molar refractivity (Wildman–Crippen MR) is 86.5 cm³/mol. The van der Waals surface area contributed by atoms with Crippen molar-refractivity contribution in [3.8, 4) is 17.6 Å². The van der Waals surface area contributed by atoms with E-state index >= 15 is 0 Å². The van der Waals surface area contributed by atoms with E-state index in [2.05, 4.69) is 10.5 Å². The van der Waals surface area contributed by atoms with Crippen LogP contribution < -0.4 is 15.9 Å². The Morgan fingerprint density at radius 1 is 1.15 bits per heavy atom. The monoisotopic (exact) mass is 365 g/mol. The van der Waals surface area contributed by atoms with Crippen molar-refractivity contribution in [3.05, 3.63) is 53.8 Å². The van der Waals surface area contributed by atoms with Gasteiger partial charge in [-0.1, -0.05) is 0 Å². The van der Waals surface area contributed by atoms with Gasteiger partial charge < -0.3 is 10.5 Å². The van der Waals surface area contributed by atoms with E-state index in [0.29, 0.717) is 0 Å². The third-order valence-electron chi connectivity index (χ3n) is 2.99. The zero-order valence-electron chi connectivity index (χ0n) is 12.9. The summed E-state index contributed by atoms with van der Waals surface area (Å²) in [4.78, 5) is 0. The Hall–Kier alpha value is -3.61. The van der Waals surface area contributed by atoms with E-state index in [4.69, 9.17) is 21.1 Å². The quantitative estimate of drug-likeness (QED) is 0.324. The number of nitriles is 1. The Bertz CT molecular complexity index is 885. The van der Waals surface area contributed by atoms with Gasteiger partial charge in [-0.3, -0.25) is 10.8 Å². The third-order valence-corrected chi connectivity index (χ3v) is 2.99. The topological polar surface area (TPSA) is 107 Å². The van der Waals surface area contributed by atoms with E-state index in [-0.39, 0.29) is 11.5 Å². The van der Waals surface area contributed by atoms with Gasteiger partial charge in [-0.15, -0.1) is 0 Å². The molecule has 0 unspecified atom stereocenters. The normalized spacial score (nSPS) is 11.6. The SMILES string of the molecule is N#C/C(=N\Nc1ccc(Oc2ccc(F)cc2)cc1C(F)(F)F)C(=N)N. The van der Waals surface area contributed by atoms with Crippen LogP contribution in [0.3, 0.4) is 0 Å². The van der Waals surface area contributed by atoms with Crippen molar-refractivity contribution in [1.82, 2.24) is 0 Å². The van der Waals surface area contributed by atoms with Crippen LogP contribution in [0.15, 0.2) is 47.6 Å². The fourth-order valence-corrected chi connectivity index (χ4v) is 1.82. The lowest BCUT2D eigenvalue weighted by Gasteiger charge is -2.14. The van der Waals surface area contributed by atoms with Crippen LogP contribution >= 0.6 is 0 Å². The lowest BCUT2D eigenvalue weighted by Crippen LogP contribution is -2.22. The Morgan fingerprint density at radius 3 is 2.31 bits per heavy atom. The summed E-state index contributed by atoms with van der Waals surface area (Å²) in [6.45, 7) is 0.